The van der Waals surface area contributed by atoms with Crippen LogP contribution in [0.3, 0.4) is 0 Å². The largest absolute Gasteiger partial charge is 0.276 e. The zero-order chi connectivity index (χ0) is 13.3. The molecule has 1 aromatic rings. The second kappa shape index (κ2) is 4.99. The van der Waals surface area contributed by atoms with Gasteiger partial charge in [-0.3, -0.25) is 4.79 Å². The highest BCUT2D eigenvalue weighted by Crippen LogP contribution is 2.23. The van der Waals surface area contributed by atoms with E-state index < -0.39 is 15.3 Å². The fraction of sp³-hybridized carbons (Fsp3) is 0.417. The summed E-state index contributed by atoms with van der Waals surface area (Å²) in [5, 5.41) is -0.633. The minimum atomic E-state index is -3.49. The Hall–Kier alpha value is -0.910. The smallest absolute Gasteiger partial charge is 0.252 e. The Morgan fingerprint density at radius 1 is 1.28 bits per heavy atom. The van der Waals surface area contributed by atoms with Crippen molar-refractivity contribution >= 4 is 26.9 Å². The van der Waals surface area contributed by atoms with Crippen LogP contribution in [0.2, 0.25) is 0 Å². The second-order valence-electron chi connectivity index (χ2n) is 4.36. The van der Waals surface area contributed by atoms with Gasteiger partial charge in [0.1, 0.15) is 0 Å². The average Bonchev–Trinajstić information content (AvgIpc) is 2.82. The Kier molecular flexibility index (Phi) is 3.75. The fourth-order valence-corrected chi connectivity index (χ4v) is 3.80. The van der Waals surface area contributed by atoms with Crippen LogP contribution < -0.4 is 0 Å². The van der Waals surface area contributed by atoms with E-state index in [9.17, 15) is 13.2 Å². The average molecular weight is 288 g/mol. The van der Waals surface area contributed by atoms with Crippen molar-refractivity contribution in [1.29, 1.82) is 0 Å². The monoisotopic (exact) mass is 287 g/mol. The molecule has 1 saturated heterocycles. The Bertz CT molecular complexity index is 577. The summed E-state index contributed by atoms with van der Waals surface area (Å²) < 4.78 is 26.0. The summed E-state index contributed by atoms with van der Waals surface area (Å²) in [5.41, 5.74) is 0.923. The first kappa shape index (κ1) is 13.5. The molecule has 4 nitrogen and oxygen atoms in total. The number of nitrogens with zero attached hydrogens (tertiary/aromatic N) is 1. The fourth-order valence-electron chi connectivity index (χ4n) is 2.05. The molecule has 0 amide bonds. The number of hydrogen-bond acceptors (Lipinski definition) is 3. The van der Waals surface area contributed by atoms with E-state index in [1.807, 2.05) is 0 Å². The predicted octanol–water partition coefficient (Wildman–Crippen LogP) is 2.16. The Balaban J connectivity index is 2.45. The Labute approximate surface area is 112 Å². The van der Waals surface area contributed by atoms with E-state index in [0.717, 1.165) is 12.8 Å². The van der Waals surface area contributed by atoms with Gasteiger partial charge in [-0.15, -0.1) is 0 Å². The van der Waals surface area contributed by atoms with Crippen LogP contribution in [0.1, 0.15) is 28.8 Å². The number of carbonyl (C=O) groups is 1. The van der Waals surface area contributed by atoms with Crippen molar-refractivity contribution in [3.63, 3.8) is 0 Å². The van der Waals surface area contributed by atoms with E-state index in [-0.39, 0.29) is 10.5 Å². The molecule has 0 aliphatic carbocycles. The van der Waals surface area contributed by atoms with Crippen LogP contribution in [0, 0.1) is 6.92 Å². The van der Waals surface area contributed by atoms with Crippen LogP contribution in [-0.2, 0) is 10.0 Å². The molecule has 1 aliphatic heterocycles. The van der Waals surface area contributed by atoms with Gasteiger partial charge in [0.25, 0.3) is 5.24 Å². The molecular formula is C12H14ClNO3S. The predicted molar refractivity (Wildman–Crippen MR) is 69.4 cm³/mol. The van der Waals surface area contributed by atoms with Gasteiger partial charge in [-0.2, -0.15) is 4.31 Å². The van der Waals surface area contributed by atoms with Crippen LogP contribution in [0.4, 0.5) is 0 Å². The van der Waals surface area contributed by atoms with Crippen molar-refractivity contribution in [1.82, 2.24) is 4.31 Å². The van der Waals surface area contributed by atoms with Gasteiger partial charge in [0, 0.05) is 18.7 Å². The van der Waals surface area contributed by atoms with E-state index >= 15 is 0 Å². The molecule has 98 valence electrons. The Morgan fingerprint density at radius 2 is 1.89 bits per heavy atom. The summed E-state index contributed by atoms with van der Waals surface area (Å²) in [6.45, 7) is 2.81. The van der Waals surface area contributed by atoms with Gasteiger partial charge < -0.3 is 0 Å². The van der Waals surface area contributed by atoms with Crippen LogP contribution in [0.15, 0.2) is 23.1 Å². The standard InChI is InChI=1S/C12H14ClNO3S/c1-9-4-5-10(8-11(9)12(13)15)18(16,17)14-6-2-3-7-14/h4-5,8H,2-3,6-7H2,1H3. The quantitative estimate of drug-likeness (QED) is 0.801. The van der Waals surface area contributed by atoms with Gasteiger partial charge in [0.2, 0.25) is 10.0 Å². The lowest BCUT2D eigenvalue weighted by atomic mass is 10.1. The number of halogens is 1. The van der Waals surface area contributed by atoms with Gasteiger partial charge >= 0.3 is 0 Å². The van der Waals surface area contributed by atoms with Crippen molar-refractivity contribution in [3.8, 4) is 0 Å². The number of aryl methyl sites for hydroxylation is 1. The summed E-state index contributed by atoms with van der Waals surface area (Å²) in [7, 11) is -3.49. The summed E-state index contributed by atoms with van der Waals surface area (Å²) in [6.07, 6.45) is 1.76. The van der Waals surface area contributed by atoms with Gasteiger partial charge in [-0.1, -0.05) is 6.07 Å². The molecule has 1 aliphatic rings. The van der Waals surface area contributed by atoms with Crippen LogP contribution >= 0.6 is 11.6 Å². The highest BCUT2D eigenvalue weighted by molar-refractivity contribution is 7.89. The van der Waals surface area contributed by atoms with Crippen molar-refractivity contribution in [3.05, 3.63) is 29.3 Å². The topological polar surface area (TPSA) is 54.5 Å². The lowest BCUT2D eigenvalue weighted by Gasteiger charge is -2.16. The van der Waals surface area contributed by atoms with Crippen LogP contribution in [0.25, 0.3) is 0 Å². The molecule has 1 fully saturated rings. The minimum Gasteiger partial charge on any atom is -0.276 e. The van der Waals surface area contributed by atoms with Crippen LogP contribution in [-0.4, -0.2) is 31.1 Å². The minimum absolute atomic E-state index is 0.138. The summed E-state index contributed by atoms with van der Waals surface area (Å²) in [4.78, 5) is 11.4. The van der Waals surface area contributed by atoms with Crippen LogP contribution in [0.5, 0.6) is 0 Å². The first-order valence-electron chi connectivity index (χ1n) is 5.73. The summed E-state index contributed by atoms with van der Waals surface area (Å²) in [5.74, 6) is 0. The summed E-state index contributed by atoms with van der Waals surface area (Å²) >= 11 is 5.44. The molecule has 0 saturated carbocycles. The molecule has 0 radical (unpaired) electrons. The number of carbonyl (C=O) groups excluding carboxylic acids is 1. The third kappa shape index (κ3) is 2.43. The normalized spacial score (nSPS) is 17.0. The molecule has 2 rings (SSSR count). The van der Waals surface area contributed by atoms with Crippen molar-refractivity contribution < 1.29 is 13.2 Å². The van der Waals surface area contributed by atoms with E-state index in [1.165, 1.54) is 16.4 Å². The molecule has 0 atom stereocenters. The lowest BCUT2D eigenvalue weighted by molar-refractivity contribution is 0.108. The molecule has 6 heteroatoms. The summed E-state index contributed by atoms with van der Waals surface area (Å²) in [6, 6.07) is 4.49. The van der Waals surface area contributed by atoms with E-state index in [1.54, 1.807) is 13.0 Å². The molecule has 0 N–H and O–H groups in total. The first-order valence-corrected chi connectivity index (χ1v) is 7.55. The van der Waals surface area contributed by atoms with Gasteiger partial charge in [-0.05, 0) is 49.1 Å². The van der Waals surface area contributed by atoms with E-state index in [2.05, 4.69) is 0 Å². The van der Waals surface area contributed by atoms with Crippen molar-refractivity contribution in [2.75, 3.05) is 13.1 Å². The third-order valence-electron chi connectivity index (χ3n) is 3.12. The molecule has 18 heavy (non-hydrogen) atoms. The lowest BCUT2D eigenvalue weighted by Crippen LogP contribution is -2.28. The molecule has 0 unspecified atom stereocenters. The number of sulfonamides is 1. The second-order valence-corrected chi connectivity index (χ2v) is 6.64. The van der Waals surface area contributed by atoms with Crippen molar-refractivity contribution in [2.45, 2.75) is 24.7 Å². The van der Waals surface area contributed by atoms with Gasteiger partial charge in [0.15, 0.2) is 0 Å². The maximum absolute atomic E-state index is 12.3. The number of benzene rings is 1. The zero-order valence-corrected chi connectivity index (χ0v) is 11.6. The maximum atomic E-state index is 12.3. The molecule has 1 heterocycles. The SMILES string of the molecule is Cc1ccc(S(=O)(=O)N2CCCC2)cc1C(=O)Cl. The molecule has 0 spiro atoms. The van der Waals surface area contributed by atoms with E-state index in [0.29, 0.717) is 18.7 Å². The molecule has 0 aromatic heterocycles. The highest BCUT2D eigenvalue weighted by atomic mass is 35.5. The molecular weight excluding hydrogens is 274 g/mol. The van der Waals surface area contributed by atoms with Crippen molar-refractivity contribution in [2.24, 2.45) is 0 Å². The zero-order valence-electron chi connectivity index (χ0n) is 10.0. The number of hydrogen-bond donors (Lipinski definition) is 0. The maximum Gasteiger partial charge on any atom is 0.252 e. The molecule has 1 aromatic carbocycles. The Morgan fingerprint density at radius 3 is 2.44 bits per heavy atom. The highest BCUT2D eigenvalue weighted by Gasteiger charge is 2.27. The number of rotatable bonds is 3. The third-order valence-corrected chi connectivity index (χ3v) is 5.22. The van der Waals surface area contributed by atoms with E-state index in [4.69, 9.17) is 11.6 Å². The molecule has 0 bridgehead atoms. The van der Waals surface area contributed by atoms with Gasteiger partial charge in [0.05, 0.1) is 4.90 Å². The van der Waals surface area contributed by atoms with Gasteiger partial charge in [-0.25, -0.2) is 8.42 Å². The first-order chi connectivity index (χ1) is 8.43.